The fourth-order valence-corrected chi connectivity index (χ4v) is 4.02. The molecule has 0 aliphatic rings. The van der Waals surface area contributed by atoms with Gasteiger partial charge in [0.05, 0.1) is 0 Å². The van der Waals surface area contributed by atoms with Gasteiger partial charge in [-0.15, -0.1) is 0 Å². The predicted molar refractivity (Wildman–Crippen MR) is 136 cm³/mol. The summed E-state index contributed by atoms with van der Waals surface area (Å²) in [5.74, 6) is -1.90. The molecule has 172 valence electrons. The minimum absolute atomic E-state index is 0.193. The Morgan fingerprint density at radius 1 is 0.618 bits per heavy atom. The van der Waals surface area contributed by atoms with E-state index >= 15 is 0 Å². The zero-order valence-electron chi connectivity index (χ0n) is 19.4. The third-order valence-electron chi connectivity index (χ3n) is 6.04. The van der Waals surface area contributed by atoms with Crippen LogP contribution in [0.1, 0.15) is 42.5 Å². The van der Waals surface area contributed by atoms with Crippen LogP contribution in [0, 0.1) is 17.5 Å². The summed E-state index contributed by atoms with van der Waals surface area (Å²) >= 11 is 0. The smallest absolute Gasteiger partial charge is 0.167 e. The maximum atomic E-state index is 14.9. The van der Waals surface area contributed by atoms with E-state index in [1.807, 2.05) is 67.6 Å². The normalized spacial score (nSPS) is 11.3. The molecular formula is C31H27F3. The highest BCUT2D eigenvalue weighted by Gasteiger charge is 2.16. The average molecular weight is 457 g/mol. The summed E-state index contributed by atoms with van der Waals surface area (Å²) < 4.78 is 44.0. The minimum atomic E-state index is -0.858. The van der Waals surface area contributed by atoms with E-state index < -0.39 is 11.6 Å². The molecule has 0 unspecified atom stereocenters. The molecule has 4 rings (SSSR count). The van der Waals surface area contributed by atoms with Crippen LogP contribution in [0.3, 0.4) is 0 Å². The lowest BCUT2D eigenvalue weighted by Crippen LogP contribution is -1.94. The van der Waals surface area contributed by atoms with E-state index in [4.69, 9.17) is 0 Å². The fraction of sp³-hybridized carbons (Fsp3) is 0.161. The van der Waals surface area contributed by atoms with E-state index in [0.717, 1.165) is 41.5 Å². The molecule has 0 bridgehead atoms. The molecule has 3 heteroatoms. The minimum Gasteiger partial charge on any atom is -0.207 e. The number of rotatable bonds is 7. The second-order valence-electron chi connectivity index (χ2n) is 8.40. The maximum Gasteiger partial charge on any atom is 0.167 e. The van der Waals surface area contributed by atoms with Crippen molar-refractivity contribution >= 4 is 12.2 Å². The first-order chi connectivity index (χ1) is 16.5. The van der Waals surface area contributed by atoms with Gasteiger partial charge in [-0.3, -0.25) is 0 Å². The molecule has 0 amide bonds. The van der Waals surface area contributed by atoms with Crippen molar-refractivity contribution in [2.45, 2.75) is 33.1 Å². The van der Waals surface area contributed by atoms with Crippen molar-refractivity contribution in [1.82, 2.24) is 0 Å². The number of benzene rings is 4. The van der Waals surface area contributed by atoms with Crippen LogP contribution in [0.5, 0.6) is 0 Å². The number of hydrogen-bond acceptors (Lipinski definition) is 0. The molecule has 0 spiro atoms. The highest BCUT2D eigenvalue weighted by atomic mass is 19.2. The van der Waals surface area contributed by atoms with Crippen molar-refractivity contribution in [3.05, 3.63) is 119 Å². The van der Waals surface area contributed by atoms with Crippen LogP contribution in [0.2, 0.25) is 0 Å². The Hall–Kier alpha value is -3.59. The van der Waals surface area contributed by atoms with Crippen LogP contribution in [0.4, 0.5) is 13.2 Å². The van der Waals surface area contributed by atoms with E-state index in [-0.39, 0.29) is 16.9 Å². The van der Waals surface area contributed by atoms with Gasteiger partial charge in [0.25, 0.3) is 0 Å². The molecule has 0 aromatic heterocycles. The molecule has 4 aromatic rings. The highest BCUT2D eigenvalue weighted by Crippen LogP contribution is 2.32. The lowest BCUT2D eigenvalue weighted by atomic mass is 9.97. The molecule has 0 heterocycles. The summed E-state index contributed by atoms with van der Waals surface area (Å²) in [5.41, 5.74) is 5.25. The monoisotopic (exact) mass is 456 g/mol. The van der Waals surface area contributed by atoms with Gasteiger partial charge in [0, 0.05) is 11.1 Å². The van der Waals surface area contributed by atoms with Gasteiger partial charge < -0.3 is 0 Å². The van der Waals surface area contributed by atoms with E-state index in [1.54, 1.807) is 24.3 Å². The second kappa shape index (κ2) is 10.6. The Kier molecular flexibility index (Phi) is 7.32. The second-order valence-corrected chi connectivity index (χ2v) is 8.40. The molecule has 0 saturated heterocycles. The molecule has 0 fully saturated rings. The molecule has 0 N–H and O–H groups in total. The van der Waals surface area contributed by atoms with Crippen molar-refractivity contribution in [1.29, 1.82) is 0 Å². The first-order valence-electron chi connectivity index (χ1n) is 11.6. The van der Waals surface area contributed by atoms with E-state index in [1.165, 1.54) is 6.07 Å². The molecule has 0 atom stereocenters. The van der Waals surface area contributed by atoms with Crippen LogP contribution < -0.4 is 0 Å². The molecule has 34 heavy (non-hydrogen) atoms. The zero-order valence-corrected chi connectivity index (χ0v) is 19.4. The van der Waals surface area contributed by atoms with Gasteiger partial charge in [-0.2, -0.15) is 0 Å². The van der Waals surface area contributed by atoms with Crippen molar-refractivity contribution in [3.8, 4) is 22.3 Å². The van der Waals surface area contributed by atoms with Gasteiger partial charge in [0.15, 0.2) is 11.6 Å². The average Bonchev–Trinajstić information content (AvgIpc) is 2.86. The highest BCUT2D eigenvalue weighted by molar-refractivity contribution is 5.74. The van der Waals surface area contributed by atoms with Crippen molar-refractivity contribution < 1.29 is 13.2 Å². The van der Waals surface area contributed by atoms with Crippen LogP contribution in [0.25, 0.3) is 34.4 Å². The molecule has 0 nitrogen and oxygen atoms in total. The van der Waals surface area contributed by atoms with Gasteiger partial charge in [-0.1, -0.05) is 105 Å². The molecule has 0 aliphatic carbocycles. The zero-order chi connectivity index (χ0) is 24.1. The SMILES string of the molecule is CCCc1ccc(/C=C/c2ccc(-c3ccc(-c4ccc(CC)cc4)c(F)c3F)cc2)cc1F. The summed E-state index contributed by atoms with van der Waals surface area (Å²) in [6.07, 6.45) is 6.23. The summed E-state index contributed by atoms with van der Waals surface area (Å²) in [6, 6.07) is 23.2. The summed E-state index contributed by atoms with van der Waals surface area (Å²) in [5, 5.41) is 0. The number of hydrogen-bond donors (Lipinski definition) is 0. The molecule has 4 aromatic carbocycles. The Morgan fingerprint density at radius 3 is 1.68 bits per heavy atom. The largest absolute Gasteiger partial charge is 0.207 e. The first-order valence-corrected chi connectivity index (χ1v) is 11.6. The van der Waals surface area contributed by atoms with Gasteiger partial charge in [-0.25, -0.2) is 13.2 Å². The van der Waals surface area contributed by atoms with Crippen LogP contribution >= 0.6 is 0 Å². The quantitative estimate of drug-likeness (QED) is 0.243. The van der Waals surface area contributed by atoms with Gasteiger partial charge in [-0.05, 0) is 52.3 Å². The molecule has 0 saturated carbocycles. The van der Waals surface area contributed by atoms with E-state index in [9.17, 15) is 13.2 Å². The Morgan fingerprint density at radius 2 is 1.15 bits per heavy atom. The standard InChI is InChI=1S/C31H27F3/c1-3-5-26-17-12-23(20-29(26)32)7-6-22-10-15-25(16-11-22)28-19-18-27(30(33)31(28)34)24-13-8-21(4-2)9-14-24/h6-20H,3-5H2,1-2H3/b7-6+. The fourth-order valence-electron chi connectivity index (χ4n) is 4.02. The summed E-state index contributed by atoms with van der Waals surface area (Å²) in [7, 11) is 0. The Bertz CT molecular complexity index is 1300. The lowest BCUT2D eigenvalue weighted by Gasteiger charge is -2.10. The first kappa shape index (κ1) is 23.6. The lowest BCUT2D eigenvalue weighted by molar-refractivity contribution is 0.514. The van der Waals surface area contributed by atoms with Crippen LogP contribution in [-0.4, -0.2) is 0 Å². The van der Waals surface area contributed by atoms with Crippen molar-refractivity contribution in [2.75, 3.05) is 0 Å². The third kappa shape index (κ3) is 5.14. The topological polar surface area (TPSA) is 0 Å². The van der Waals surface area contributed by atoms with E-state index in [0.29, 0.717) is 11.1 Å². The van der Waals surface area contributed by atoms with Crippen LogP contribution in [-0.2, 0) is 12.8 Å². The predicted octanol–water partition coefficient (Wildman–Crippen LogP) is 9.12. The molecule has 0 aliphatic heterocycles. The van der Waals surface area contributed by atoms with E-state index in [2.05, 4.69) is 6.92 Å². The van der Waals surface area contributed by atoms with Crippen molar-refractivity contribution in [3.63, 3.8) is 0 Å². The van der Waals surface area contributed by atoms with Gasteiger partial charge >= 0.3 is 0 Å². The Balaban J connectivity index is 1.54. The van der Waals surface area contributed by atoms with Gasteiger partial charge in [0.2, 0.25) is 0 Å². The Labute approximate surface area is 199 Å². The number of halogens is 3. The van der Waals surface area contributed by atoms with Gasteiger partial charge in [0.1, 0.15) is 5.82 Å². The summed E-state index contributed by atoms with van der Waals surface area (Å²) in [4.78, 5) is 0. The number of aryl methyl sites for hydroxylation is 2. The third-order valence-corrected chi connectivity index (χ3v) is 6.04. The molecule has 0 radical (unpaired) electrons. The van der Waals surface area contributed by atoms with Crippen LogP contribution in [0.15, 0.2) is 78.9 Å². The maximum absolute atomic E-state index is 14.9. The summed E-state index contributed by atoms with van der Waals surface area (Å²) in [6.45, 7) is 4.08. The molecular weight excluding hydrogens is 429 g/mol. The van der Waals surface area contributed by atoms with Crippen molar-refractivity contribution in [2.24, 2.45) is 0 Å².